The molecule has 0 unspecified atom stereocenters. The summed E-state index contributed by atoms with van der Waals surface area (Å²) in [7, 11) is 1.73. The van der Waals surface area contributed by atoms with Gasteiger partial charge in [0.05, 0.1) is 18.7 Å². The lowest BCUT2D eigenvalue weighted by Gasteiger charge is -2.41. The van der Waals surface area contributed by atoms with Crippen LogP contribution in [0.1, 0.15) is 87.5 Å². The third-order valence-electron chi connectivity index (χ3n) is 8.37. The van der Waals surface area contributed by atoms with E-state index in [1.54, 1.807) is 23.8 Å². The minimum atomic E-state index is -0.736. The summed E-state index contributed by atoms with van der Waals surface area (Å²) in [4.78, 5) is 59.0. The van der Waals surface area contributed by atoms with Gasteiger partial charge in [0.1, 0.15) is 12.1 Å². The highest BCUT2D eigenvalue weighted by Gasteiger charge is 2.40. The second-order valence-corrected chi connectivity index (χ2v) is 13.4. The van der Waals surface area contributed by atoms with Crippen molar-refractivity contribution in [1.29, 1.82) is 0 Å². The molecule has 0 aliphatic carbocycles. The van der Waals surface area contributed by atoms with Crippen molar-refractivity contribution in [3.05, 3.63) is 11.6 Å². The maximum atomic E-state index is 14.0. The molecule has 10 heteroatoms. The standard InChI is InChI=1S/C31H55N5O5/c1-20(2)25(19-22(5)29(40)36-17-12-14-23(36)27(38)32-15-18-37)34(9)30(41)26(31(6,7)8)33-28(39)24-13-10-11-16-35(24)21(3)4/h19-21,23-26,37H,10-18H2,1-9H3,(H,32,38)(H,33,39)/t23-,24+,25+,26+/m0/s1. The predicted molar refractivity (Wildman–Crippen MR) is 161 cm³/mol. The van der Waals surface area contributed by atoms with Crippen molar-refractivity contribution in [2.45, 2.75) is 118 Å². The van der Waals surface area contributed by atoms with Gasteiger partial charge >= 0.3 is 0 Å². The number of carbonyl (C=O) groups excluding carboxylic acids is 4. The van der Waals surface area contributed by atoms with Gasteiger partial charge < -0.3 is 25.5 Å². The molecule has 4 amide bonds. The Labute approximate surface area is 247 Å². The molecule has 0 radical (unpaired) electrons. The molecular formula is C31H55N5O5. The van der Waals surface area contributed by atoms with E-state index < -0.39 is 17.5 Å². The van der Waals surface area contributed by atoms with Crippen molar-refractivity contribution in [2.24, 2.45) is 11.3 Å². The number of aliphatic hydroxyl groups excluding tert-OH is 1. The van der Waals surface area contributed by atoms with E-state index in [9.17, 15) is 19.2 Å². The molecule has 2 aliphatic rings. The Morgan fingerprint density at radius 2 is 1.61 bits per heavy atom. The molecule has 2 rings (SSSR count). The molecule has 234 valence electrons. The van der Waals surface area contributed by atoms with E-state index in [4.69, 9.17) is 5.11 Å². The monoisotopic (exact) mass is 577 g/mol. The summed E-state index contributed by atoms with van der Waals surface area (Å²) in [5.41, 5.74) is -0.0598. The highest BCUT2D eigenvalue weighted by Crippen LogP contribution is 2.26. The van der Waals surface area contributed by atoms with Crippen molar-refractivity contribution in [3.8, 4) is 0 Å². The third-order valence-corrected chi connectivity index (χ3v) is 8.37. The van der Waals surface area contributed by atoms with Crippen molar-refractivity contribution in [1.82, 2.24) is 25.3 Å². The fourth-order valence-electron chi connectivity index (χ4n) is 5.98. The van der Waals surface area contributed by atoms with Crippen LogP contribution in [-0.4, -0.2) is 107 Å². The Morgan fingerprint density at radius 1 is 0.976 bits per heavy atom. The van der Waals surface area contributed by atoms with Crippen LogP contribution in [0.5, 0.6) is 0 Å². The first kappa shape index (κ1) is 34.7. The quantitative estimate of drug-likeness (QED) is 0.324. The Morgan fingerprint density at radius 3 is 2.17 bits per heavy atom. The molecule has 0 spiro atoms. The van der Waals surface area contributed by atoms with E-state index in [0.29, 0.717) is 18.5 Å². The summed E-state index contributed by atoms with van der Waals surface area (Å²) in [6.07, 6.45) is 5.95. The largest absolute Gasteiger partial charge is 0.395 e. The first-order valence-electron chi connectivity index (χ1n) is 15.3. The number of hydrogen-bond acceptors (Lipinski definition) is 6. The van der Waals surface area contributed by atoms with Crippen molar-refractivity contribution < 1.29 is 24.3 Å². The third kappa shape index (κ3) is 9.01. The number of likely N-dealkylation sites (N-methyl/N-ethyl adjacent to an activating group) is 1. The lowest BCUT2D eigenvalue weighted by Crippen LogP contribution is -2.60. The van der Waals surface area contributed by atoms with E-state index in [1.165, 1.54) is 0 Å². The maximum absolute atomic E-state index is 14.0. The van der Waals surface area contributed by atoms with Gasteiger partial charge in [-0.25, -0.2) is 0 Å². The van der Waals surface area contributed by atoms with Crippen molar-refractivity contribution in [2.75, 3.05) is 33.3 Å². The highest BCUT2D eigenvalue weighted by atomic mass is 16.3. The number of nitrogens with one attached hydrogen (secondary N) is 2. The number of carbonyl (C=O) groups is 4. The number of aliphatic hydroxyl groups is 1. The summed E-state index contributed by atoms with van der Waals surface area (Å²) < 4.78 is 0. The topological polar surface area (TPSA) is 122 Å². The van der Waals surface area contributed by atoms with E-state index in [1.807, 2.05) is 40.7 Å². The van der Waals surface area contributed by atoms with E-state index in [0.717, 1.165) is 32.2 Å². The summed E-state index contributed by atoms with van der Waals surface area (Å²) in [6.45, 7) is 17.1. The summed E-state index contributed by atoms with van der Waals surface area (Å²) in [5, 5.41) is 14.8. The zero-order chi connectivity index (χ0) is 31.1. The Kier molecular flexibility index (Phi) is 12.8. The van der Waals surface area contributed by atoms with Crippen LogP contribution in [0.4, 0.5) is 0 Å². The van der Waals surface area contributed by atoms with Gasteiger partial charge in [-0.05, 0) is 64.3 Å². The number of amides is 4. The van der Waals surface area contributed by atoms with Crippen LogP contribution in [-0.2, 0) is 19.2 Å². The second-order valence-electron chi connectivity index (χ2n) is 13.4. The van der Waals surface area contributed by atoms with Gasteiger partial charge in [-0.1, -0.05) is 47.1 Å². The molecular weight excluding hydrogens is 522 g/mol. The lowest BCUT2D eigenvalue weighted by atomic mass is 9.84. The molecule has 2 aliphatic heterocycles. The SMILES string of the molecule is CC(=C[C@H](C(C)C)N(C)C(=O)[C@@H](NC(=O)[C@H]1CCCCN1C(C)C)C(C)(C)C)C(=O)N1CCC[C@H]1C(=O)NCCO. The van der Waals surface area contributed by atoms with Crippen LogP contribution in [0, 0.1) is 11.3 Å². The number of nitrogens with zero attached hydrogens (tertiary/aromatic N) is 3. The highest BCUT2D eigenvalue weighted by molar-refractivity contribution is 5.97. The zero-order valence-corrected chi connectivity index (χ0v) is 26.8. The molecule has 2 fully saturated rings. The van der Waals surface area contributed by atoms with Crippen LogP contribution in [0.2, 0.25) is 0 Å². The van der Waals surface area contributed by atoms with Gasteiger partial charge in [0.25, 0.3) is 0 Å². The van der Waals surface area contributed by atoms with Gasteiger partial charge in [0.2, 0.25) is 23.6 Å². The Hall–Kier alpha value is -2.46. The second kappa shape index (κ2) is 15.1. The first-order chi connectivity index (χ1) is 19.1. The van der Waals surface area contributed by atoms with Crippen LogP contribution in [0.3, 0.4) is 0 Å². The Bertz CT molecular complexity index is 957. The molecule has 0 aromatic heterocycles. The minimum absolute atomic E-state index is 0.0000229. The summed E-state index contributed by atoms with van der Waals surface area (Å²) in [6, 6.07) is -1.71. The lowest BCUT2D eigenvalue weighted by molar-refractivity contribution is -0.142. The fourth-order valence-corrected chi connectivity index (χ4v) is 5.98. The fraction of sp³-hybridized carbons (Fsp3) is 0.806. The van der Waals surface area contributed by atoms with Gasteiger partial charge in [0, 0.05) is 31.8 Å². The normalized spacial score (nSPS) is 22.0. The smallest absolute Gasteiger partial charge is 0.249 e. The molecule has 3 N–H and O–H groups in total. The molecule has 0 saturated carbocycles. The van der Waals surface area contributed by atoms with Crippen LogP contribution >= 0.6 is 0 Å². The molecule has 2 saturated heterocycles. The van der Waals surface area contributed by atoms with Crippen molar-refractivity contribution >= 4 is 23.6 Å². The summed E-state index contributed by atoms with van der Waals surface area (Å²) >= 11 is 0. The van der Waals surface area contributed by atoms with Gasteiger partial charge in [-0.3, -0.25) is 24.1 Å². The summed E-state index contributed by atoms with van der Waals surface area (Å²) in [5.74, 6) is -0.800. The number of likely N-dealkylation sites (tertiary alicyclic amines) is 2. The van der Waals surface area contributed by atoms with Crippen molar-refractivity contribution in [3.63, 3.8) is 0 Å². The molecule has 10 nitrogen and oxygen atoms in total. The van der Waals surface area contributed by atoms with Crippen LogP contribution in [0.15, 0.2) is 11.6 Å². The average Bonchev–Trinajstić information content (AvgIpc) is 3.41. The Balaban J connectivity index is 2.25. The van der Waals surface area contributed by atoms with Crippen LogP contribution < -0.4 is 10.6 Å². The van der Waals surface area contributed by atoms with E-state index in [2.05, 4.69) is 29.4 Å². The number of piperidine rings is 1. The maximum Gasteiger partial charge on any atom is 0.249 e. The first-order valence-corrected chi connectivity index (χ1v) is 15.3. The molecule has 0 aromatic rings. The van der Waals surface area contributed by atoms with Crippen LogP contribution in [0.25, 0.3) is 0 Å². The number of rotatable bonds is 11. The minimum Gasteiger partial charge on any atom is -0.395 e. The van der Waals surface area contributed by atoms with E-state index >= 15 is 0 Å². The molecule has 4 atom stereocenters. The van der Waals surface area contributed by atoms with E-state index in [-0.39, 0.29) is 60.8 Å². The molecule has 2 heterocycles. The molecule has 41 heavy (non-hydrogen) atoms. The average molecular weight is 578 g/mol. The molecule has 0 aromatic carbocycles. The van der Waals surface area contributed by atoms with Gasteiger partial charge in [0.15, 0.2) is 0 Å². The van der Waals surface area contributed by atoms with Gasteiger partial charge in [-0.15, -0.1) is 0 Å². The zero-order valence-electron chi connectivity index (χ0n) is 26.8. The molecule has 0 bridgehead atoms. The van der Waals surface area contributed by atoms with Gasteiger partial charge in [-0.2, -0.15) is 0 Å². The number of hydrogen-bond donors (Lipinski definition) is 3. The predicted octanol–water partition coefficient (Wildman–Crippen LogP) is 2.31.